The van der Waals surface area contributed by atoms with E-state index in [0.29, 0.717) is 5.11 Å². The molecule has 3 nitrogen and oxygen atoms in total. The Morgan fingerprint density at radius 2 is 1.47 bits per heavy atom. The predicted molar refractivity (Wildman–Crippen MR) is 86.1 cm³/mol. The van der Waals surface area contributed by atoms with Crippen LogP contribution in [0.2, 0.25) is 0 Å². The van der Waals surface area contributed by atoms with Gasteiger partial charge in [0.05, 0.1) is 0 Å². The first-order valence-corrected chi connectivity index (χ1v) is 6.66. The first-order chi connectivity index (χ1) is 9.28. The number of anilines is 3. The maximum atomic E-state index is 5.14. The Balaban J connectivity index is 1.97. The average Bonchev–Trinajstić information content (AvgIpc) is 2.42. The highest BCUT2D eigenvalue weighted by molar-refractivity contribution is 7.80. The fraction of sp³-hybridized carbons (Fsp3) is 0.133. The van der Waals surface area contributed by atoms with Crippen molar-refractivity contribution in [2.45, 2.75) is 6.92 Å². The van der Waals surface area contributed by atoms with E-state index in [1.54, 1.807) is 0 Å². The molecule has 2 aromatic carbocycles. The van der Waals surface area contributed by atoms with Gasteiger partial charge in [0, 0.05) is 23.6 Å². The van der Waals surface area contributed by atoms with Crippen molar-refractivity contribution in [1.82, 2.24) is 5.32 Å². The number of nitrogens with one attached hydrogen (secondary N) is 3. The number of hydrogen-bond acceptors (Lipinski definition) is 2. The van der Waals surface area contributed by atoms with Crippen LogP contribution in [0.25, 0.3) is 0 Å². The Bertz CT molecular complexity index is 523. The molecule has 0 aliphatic heterocycles. The van der Waals surface area contributed by atoms with Crippen molar-refractivity contribution < 1.29 is 0 Å². The Hall–Kier alpha value is -2.07. The Labute approximate surface area is 119 Å². The monoisotopic (exact) mass is 271 g/mol. The van der Waals surface area contributed by atoms with Gasteiger partial charge in [0.25, 0.3) is 0 Å². The Kier molecular flexibility index (Phi) is 4.75. The molecule has 3 N–H and O–H groups in total. The largest absolute Gasteiger partial charge is 0.363 e. The highest BCUT2D eigenvalue weighted by atomic mass is 32.1. The van der Waals surface area contributed by atoms with Gasteiger partial charge in [0.1, 0.15) is 0 Å². The average molecular weight is 271 g/mol. The molecule has 0 aliphatic rings. The third kappa shape index (κ3) is 4.26. The fourth-order valence-electron chi connectivity index (χ4n) is 1.66. The summed E-state index contributed by atoms with van der Waals surface area (Å²) >= 11 is 5.14. The third-order valence-corrected chi connectivity index (χ3v) is 2.79. The maximum absolute atomic E-state index is 5.14. The van der Waals surface area contributed by atoms with E-state index < -0.39 is 0 Å². The Morgan fingerprint density at radius 1 is 0.895 bits per heavy atom. The molecule has 0 radical (unpaired) electrons. The van der Waals surface area contributed by atoms with Gasteiger partial charge in [0.2, 0.25) is 0 Å². The van der Waals surface area contributed by atoms with Crippen LogP contribution in [0.3, 0.4) is 0 Å². The summed E-state index contributed by atoms with van der Waals surface area (Å²) in [5, 5.41) is 10.2. The zero-order valence-corrected chi connectivity index (χ0v) is 11.6. The van der Waals surface area contributed by atoms with Gasteiger partial charge in [-0.3, -0.25) is 0 Å². The molecule has 2 aromatic rings. The van der Waals surface area contributed by atoms with Crippen LogP contribution in [0.1, 0.15) is 6.92 Å². The molecule has 0 spiro atoms. The highest BCUT2D eigenvalue weighted by Gasteiger charge is 1.97. The van der Waals surface area contributed by atoms with Crippen LogP contribution in [-0.4, -0.2) is 11.7 Å². The summed E-state index contributed by atoms with van der Waals surface area (Å²) in [4.78, 5) is 0. The normalized spacial score (nSPS) is 9.74. The summed E-state index contributed by atoms with van der Waals surface area (Å²) in [6.07, 6.45) is 0. The highest BCUT2D eigenvalue weighted by Crippen LogP contribution is 2.18. The van der Waals surface area contributed by atoms with Crippen molar-refractivity contribution in [2.75, 3.05) is 17.2 Å². The molecule has 2 rings (SSSR count). The molecular weight excluding hydrogens is 254 g/mol. The van der Waals surface area contributed by atoms with Gasteiger partial charge < -0.3 is 16.0 Å². The number of thiocarbonyl (C=S) groups is 1. The second-order valence-corrected chi connectivity index (χ2v) is 4.46. The summed E-state index contributed by atoms with van der Waals surface area (Å²) in [7, 11) is 0. The summed E-state index contributed by atoms with van der Waals surface area (Å²) in [5.74, 6) is 0. The van der Waals surface area contributed by atoms with E-state index >= 15 is 0 Å². The van der Waals surface area contributed by atoms with Crippen molar-refractivity contribution in [3.63, 3.8) is 0 Å². The van der Waals surface area contributed by atoms with Crippen molar-refractivity contribution >= 4 is 34.4 Å². The number of benzene rings is 2. The van der Waals surface area contributed by atoms with Gasteiger partial charge in [0.15, 0.2) is 5.11 Å². The van der Waals surface area contributed by atoms with Gasteiger partial charge in [-0.1, -0.05) is 18.2 Å². The van der Waals surface area contributed by atoms with Crippen LogP contribution in [0.15, 0.2) is 54.6 Å². The fourth-order valence-corrected chi connectivity index (χ4v) is 1.92. The second-order valence-electron chi connectivity index (χ2n) is 4.05. The zero-order chi connectivity index (χ0) is 13.5. The van der Waals surface area contributed by atoms with Crippen molar-refractivity contribution in [3.05, 3.63) is 54.6 Å². The van der Waals surface area contributed by atoms with E-state index in [-0.39, 0.29) is 0 Å². The van der Waals surface area contributed by atoms with E-state index in [4.69, 9.17) is 12.2 Å². The summed E-state index contributed by atoms with van der Waals surface area (Å²) in [6, 6.07) is 18.1. The lowest BCUT2D eigenvalue weighted by Crippen LogP contribution is -2.27. The molecule has 0 aromatic heterocycles. The molecule has 0 heterocycles. The minimum absolute atomic E-state index is 0.645. The van der Waals surface area contributed by atoms with Crippen molar-refractivity contribution in [2.24, 2.45) is 0 Å². The van der Waals surface area contributed by atoms with Crippen LogP contribution in [-0.2, 0) is 0 Å². The summed E-state index contributed by atoms with van der Waals surface area (Å²) < 4.78 is 0. The first kappa shape index (κ1) is 13.4. The molecule has 0 saturated heterocycles. The SMILES string of the molecule is CCNC(=S)Nc1ccc(Nc2ccccc2)cc1. The maximum Gasteiger partial charge on any atom is 0.170 e. The molecule has 0 amide bonds. The quantitative estimate of drug-likeness (QED) is 0.740. The molecule has 0 saturated carbocycles. The van der Waals surface area contributed by atoms with E-state index in [0.717, 1.165) is 23.6 Å². The van der Waals surface area contributed by atoms with Crippen molar-refractivity contribution in [3.8, 4) is 0 Å². The van der Waals surface area contributed by atoms with Gasteiger partial charge in [-0.2, -0.15) is 0 Å². The van der Waals surface area contributed by atoms with Crippen LogP contribution < -0.4 is 16.0 Å². The zero-order valence-electron chi connectivity index (χ0n) is 10.8. The number of hydrogen-bond donors (Lipinski definition) is 3. The van der Waals surface area contributed by atoms with E-state index in [1.807, 2.05) is 61.5 Å². The van der Waals surface area contributed by atoms with E-state index in [9.17, 15) is 0 Å². The molecule has 0 aliphatic carbocycles. The molecule has 0 fully saturated rings. The number of para-hydroxylation sites is 1. The molecule has 19 heavy (non-hydrogen) atoms. The molecule has 98 valence electrons. The lowest BCUT2D eigenvalue weighted by atomic mass is 10.2. The lowest BCUT2D eigenvalue weighted by Gasteiger charge is -2.10. The van der Waals surface area contributed by atoms with Gasteiger partial charge in [-0.05, 0) is 55.5 Å². The van der Waals surface area contributed by atoms with Crippen LogP contribution >= 0.6 is 12.2 Å². The van der Waals surface area contributed by atoms with Gasteiger partial charge in [-0.25, -0.2) is 0 Å². The minimum Gasteiger partial charge on any atom is -0.363 e. The standard InChI is InChI=1S/C15H17N3S/c1-2-16-15(19)18-14-10-8-13(9-11-14)17-12-6-4-3-5-7-12/h3-11,17H,2H2,1H3,(H2,16,18,19). The third-order valence-electron chi connectivity index (χ3n) is 2.54. The minimum atomic E-state index is 0.645. The smallest absolute Gasteiger partial charge is 0.170 e. The lowest BCUT2D eigenvalue weighted by molar-refractivity contribution is 0.979. The van der Waals surface area contributed by atoms with Crippen LogP contribution in [0.4, 0.5) is 17.1 Å². The van der Waals surface area contributed by atoms with Gasteiger partial charge in [-0.15, -0.1) is 0 Å². The van der Waals surface area contributed by atoms with E-state index in [1.165, 1.54) is 0 Å². The Morgan fingerprint density at radius 3 is 2.11 bits per heavy atom. The summed E-state index contributed by atoms with van der Waals surface area (Å²) in [6.45, 7) is 2.83. The molecule has 0 atom stereocenters. The molecule has 4 heteroatoms. The molecule has 0 unspecified atom stereocenters. The second kappa shape index (κ2) is 6.75. The predicted octanol–water partition coefficient (Wildman–Crippen LogP) is 3.74. The van der Waals surface area contributed by atoms with Crippen LogP contribution in [0.5, 0.6) is 0 Å². The van der Waals surface area contributed by atoms with Crippen LogP contribution in [0, 0.1) is 0 Å². The first-order valence-electron chi connectivity index (χ1n) is 6.25. The molecule has 0 bridgehead atoms. The molecular formula is C15H17N3S. The topological polar surface area (TPSA) is 36.1 Å². The van der Waals surface area contributed by atoms with Gasteiger partial charge >= 0.3 is 0 Å². The number of rotatable bonds is 4. The van der Waals surface area contributed by atoms with Crippen molar-refractivity contribution in [1.29, 1.82) is 0 Å². The summed E-state index contributed by atoms with van der Waals surface area (Å²) in [5.41, 5.74) is 3.10. The van der Waals surface area contributed by atoms with E-state index in [2.05, 4.69) is 16.0 Å².